The highest BCUT2D eigenvalue weighted by Gasteiger charge is 2.22. The number of hydrogen-bond donors (Lipinski definition) is 1. The molecule has 0 spiro atoms. The molecule has 6 nitrogen and oxygen atoms in total. The molecule has 0 radical (unpaired) electrons. The van der Waals surface area contributed by atoms with E-state index in [9.17, 15) is 9.59 Å². The molecule has 1 heterocycles. The fourth-order valence-electron chi connectivity index (χ4n) is 2.44. The van der Waals surface area contributed by atoms with Gasteiger partial charge in [-0.05, 0) is 44.0 Å². The number of carboxylic acid groups (broad SMARTS) is 1. The van der Waals surface area contributed by atoms with Gasteiger partial charge in [-0.3, -0.25) is 9.59 Å². The van der Waals surface area contributed by atoms with Crippen molar-refractivity contribution in [3.05, 3.63) is 35.3 Å². The number of rotatable bonds is 8. The maximum atomic E-state index is 12.6. The van der Waals surface area contributed by atoms with Crippen molar-refractivity contribution in [1.82, 2.24) is 9.88 Å². The number of carbonyl (C=O) groups is 2. The molecule has 0 saturated carbocycles. The third kappa shape index (κ3) is 5.56. The van der Waals surface area contributed by atoms with Crippen LogP contribution in [-0.4, -0.2) is 46.1 Å². The van der Waals surface area contributed by atoms with Gasteiger partial charge in [0.05, 0.1) is 6.10 Å². The van der Waals surface area contributed by atoms with Crippen LogP contribution in [0.5, 0.6) is 5.75 Å². The maximum absolute atomic E-state index is 12.6. The van der Waals surface area contributed by atoms with E-state index in [0.29, 0.717) is 11.6 Å². The van der Waals surface area contributed by atoms with Crippen LogP contribution in [0.2, 0.25) is 0 Å². The number of benzene rings is 1. The summed E-state index contributed by atoms with van der Waals surface area (Å²) >= 11 is 1.36. The quantitative estimate of drug-likeness (QED) is 0.758. The van der Waals surface area contributed by atoms with Crippen molar-refractivity contribution < 1.29 is 19.4 Å². The van der Waals surface area contributed by atoms with Gasteiger partial charge in [-0.1, -0.05) is 13.8 Å². The van der Waals surface area contributed by atoms with Crippen LogP contribution in [0.25, 0.3) is 10.6 Å². The number of amides is 1. The number of hydrogen-bond acceptors (Lipinski definition) is 5. The molecular weight excluding hydrogens is 352 g/mol. The minimum absolute atomic E-state index is 0.103. The molecular formula is C19H24N2O4S. The Hall–Kier alpha value is -2.41. The summed E-state index contributed by atoms with van der Waals surface area (Å²) in [5, 5.41) is 11.4. The molecule has 0 bridgehead atoms. The van der Waals surface area contributed by atoms with Crippen LogP contribution < -0.4 is 4.74 Å². The lowest BCUT2D eigenvalue weighted by Gasteiger charge is -2.21. The predicted molar refractivity (Wildman–Crippen MR) is 102 cm³/mol. The summed E-state index contributed by atoms with van der Waals surface area (Å²) in [7, 11) is 0. The number of aromatic nitrogens is 1. The smallest absolute Gasteiger partial charge is 0.323 e. The van der Waals surface area contributed by atoms with Crippen LogP contribution in [0.15, 0.2) is 29.6 Å². The van der Waals surface area contributed by atoms with Crippen LogP contribution in [-0.2, 0) is 4.79 Å². The van der Waals surface area contributed by atoms with Crippen molar-refractivity contribution in [1.29, 1.82) is 0 Å². The molecule has 0 fully saturated rings. The zero-order valence-corrected chi connectivity index (χ0v) is 16.2. The van der Waals surface area contributed by atoms with Crippen molar-refractivity contribution in [2.24, 2.45) is 5.92 Å². The van der Waals surface area contributed by atoms with Crippen molar-refractivity contribution in [2.75, 3.05) is 13.1 Å². The van der Waals surface area contributed by atoms with E-state index < -0.39 is 5.97 Å². The summed E-state index contributed by atoms with van der Waals surface area (Å²) in [6.45, 7) is 7.86. The SMILES string of the molecule is CC(C)CN(CC(=O)O)C(=O)c1csc(-c2ccc(OC(C)C)cc2)n1. The maximum Gasteiger partial charge on any atom is 0.323 e. The topological polar surface area (TPSA) is 79.7 Å². The lowest BCUT2D eigenvalue weighted by Crippen LogP contribution is -2.38. The fourth-order valence-corrected chi connectivity index (χ4v) is 3.24. The van der Waals surface area contributed by atoms with Crippen molar-refractivity contribution in [3.8, 4) is 16.3 Å². The first kappa shape index (κ1) is 19.9. The van der Waals surface area contributed by atoms with E-state index in [1.807, 2.05) is 52.0 Å². The Morgan fingerprint density at radius 2 is 1.85 bits per heavy atom. The van der Waals surface area contributed by atoms with Crippen LogP contribution in [0.3, 0.4) is 0 Å². The highest BCUT2D eigenvalue weighted by Crippen LogP contribution is 2.26. The van der Waals surface area contributed by atoms with Crippen LogP contribution in [0.4, 0.5) is 0 Å². The summed E-state index contributed by atoms with van der Waals surface area (Å²) in [6.07, 6.45) is 0.103. The first-order valence-corrected chi connectivity index (χ1v) is 9.38. The molecule has 26 heavy (non-hydrogen) atoms. The third-order valence-corrected chi connectivity index (χ3v) is 4.29. The second kappa shape index (κ2) is 8.80. The van der Waals surface area contributed by atoms with E-state index in [0.717, 1.165) is 11.3 Å². The molecule has 0 atom stereocenters. The molecule has 0 saturated heterocycles. The van der Waals surface area contributed by atoms with Gasteiger partial charge in [-0.25, -0.2) is 4.98 Å². The molecule has 0 aliphatic carbocycles. The van der Waals surface area contributed by atoms with Gasteiger partial charge in [0.2, 0.25) is 0 Å². The Labute approximate surface area is 157 Å². The van der Waals surface area contributed by atoms with Crippen molar-refractivity contribution in [2.45, 2.75) is 33.8 Å². The van der Waals surface area contributed by atoms with Crippen LogP contribution in [0.1, 0.15) is 38.2 Å². The third-order valence-electron chi connectivity index (χ3n) is 3.40. The Kier molecular flexibility index (Phi) is 6.74. The number of ether oxygens (including phenoxy) is 1. The predicted octanol–water partition coefficient (Wildman–Crippen LogP) is 3.78. The Morgan fingerprint density at radius 1 is 1.19 bits per heavy atom. The van der Waals surface area contributed by atoms with Crippen LogP contribution in [0, 0.1) is 5.92 Å². The van der Waals surface area contributed by atoms with Crippen LogP contribution >= 0.6 is 11.3 Å². The second-order valence-electron chi connectivity index (χ2n) is 6.70. The molecule has 2 rings (SSSR count). The highest BCUT2D eigenvalue weighted by atomic mass is 32.1. The van der Waals surface area contributed by atoms with Crippen molar-refractivity contribution in [3.63, 3.8) is 0 Å². The van der Waals surface area contributed by atoms with E-state index >= 15 is 0 Å². The summed E-state index contributed by atoms with van der Waals surface area (Å²) in [4.78, 5) is 29.4. The van der Waals surface area contributed by atoms with E-state index in [1.165, 1.54) is 16.2 Å². The Morgan fingerprint density at radius 3 is 2.38 bits per heavy atom. The number of carboxylic acids is 1. The molecule has 1 amide bonds. The number of aliphatic carboxylic acids is 1. The highest BCUT2D eigenvalue weighted by molar-refractivity contribution is 7.13. The minimum atomic E-state index is -1.03. The number of thiazole rings is 1. The molecule has 1 aromatic heterocycles. The Balaban J connectivity index is 2.16. The molecule has 2 aromatic rings. The average molecular weight is 376 g/mol. The first-order valence-electron chi connectivity index (χ1n) is 8.50. The van der Waals surface area contributed by atoms with E-state index in [1.54, 1.807) is 5.38 Å². The molecule has 1 aromatic carbocycles. The molecule has 7 heteroatoms. The summed E-state index contributed by atoms with van der Waals surface area (Å²) in [5.41, 5.74) is 1.16. The van der Waals surface area contributed by atoms with Crippen molar-refractivity contribution >= 4 is 23.2 Å². The minimum Gasteiger partial charge on any atom is -0.491 e. The molecule has 140 valence electrons. The average Bonchev–Trinajstić information content (AvgIpc) is 3.02. The van der Waals surface area contributed by atoms with E-state index in [-0.39, 0.29) is 30.2 Å². The molecule has 0 unspecified atom stereocenters. The fraction of sp³-hybridized carbons (Fsp3) is 0.421. The molecule has 0 aliphatic heterocycles. The largest absolute Gasteiger partial charge is 0.491 e. The summed E-state index contributed by atoms with van der Waals surface area (Å²) in [5.74, 6) is -0.440. The summed E-state index contributed by atoms with van der Waals surface area (Å²) in [6, 6.07) is 7.53. The van der Waals surface area contributed by atoms with Gasteiger partial charge in [0.25, 0.3) is 5.91 Å². The molecule has 1 N–H and O–H groups in total. The standard InChI is InChI=1S/C19H24N2O4S/c1-12(2)9-21(10-17(22)23)19(24)16-11-26-18(20-16)14-5-7-15(8-6-14)25-13(3)4/h5-8,11-13H,9-10H2,1-4H3,(H,22,23). The second-order valence-corrected chi connectivity index (χ2v) is 7.56. The van der Waals surface area contributed by atoms with Gasteiger partial charge in [0.1, 0.15) is 23.0 Å². The van der Waals surface area contributed by atoms with E-state index in [2.05, 4.69) is 4.98 Å². The van der Waals surface area contributed by atoms with E-state index in [4.69, 9.17) is 9.84 Å². The normalized spacial score (nSPS) is 11.0. The molecule has 0 aliphatic rings. The van der Waals surface area contributed by atoms with Gasteiger partial charge >= 0.3 is 5.97 Å². The zero-order chi connectivity index (χ0) is 19.3. The lowest BCUT2D eigenvalue weighted by atomic mass is 10.2. The lowest BCUT2D eigenvalue weighted by molar-refractivity contribution is -0.137. The van der Waals surface area contributed by atoms with Gasteiger partial charge in [0.15, 0.2) is 0 Å². The number of nitrogens with zero attached hydrogens (tertiary/aromatic N) is 2. The monoisotopic (exact) mass is 376 g/mol. The van der Waals surface area contributed by atoms with Gasteiger partial charge in [0, 0.05) is 17.5 Å². The van der Waals surface area contributed by atoms with Gasteiger partial charge in [-0.15, -0.1) is 11.3 Å². The number of carbonyl (C=O) groups excluding carboxylic acids is 1. The zero-order valence-electron chi connectivity index (χ0n) is 15.4. The first-order chi connectivity index (χ1) is 12.3. The van der Waals surface area contributed by atoms with Gasteiger partial charge in [-0.2, -0.15) is 0 Å². The van der Waals surface area contributed by atoms with Gasteiger partial charge < -0.3 is 14.7 Å². The summed E-state index contributed by atoms with van der Waals surface area (Å²) < 4.78 is 5.62. The Bertz CT molecular complexity index is 753.